The molecule has 128 valence electrons. The normalized spacial score (nSPS) is 9.86. The summed E-state index contributed by atoms with van der Waals surface area (Å²) in [5, 5.41) is 8.52. The predicted octanol–water partition coefficient (Wildman–Crippen LogP) is 4.77. The number of hydrogen-bond acceptors (Lipinski definition) is 1. The molecule has 0 aromatic carbocycles. The molecule has 4 heteroatoms. The van der Waals surface area contributed by atoms with E-state index in [2.05, 4.69) is 6.92 Å². The molecule has 0 aromatic rings. The van der Waals surface area contributed by atoms with Crippen LogP contribution in [0, 0.1) is 0 Å². The summed E-state index contributed by atoms with van der Waals surface area (Å²) in [5.41, 5.74) is 0. The number of unbranched alkanes of at least 4 members (excludes halogenated alkanes) is 14. The Balaban J connectivity index is -0.00000180. The van der Waals surface area contributed by atoms with Crippen molar-refractivity contribution in [3.05, 3.63) is 0 Å². The maximum atomic E-state index is 10.3. The predicted molar refractivity (Wildman–Crippen MR) is 103 cm³/mol. The van der Waals surface area contributed by atoms with Gasteiger partial charge in [0.25, 0.3) is 0 Å². The molecule has 0 fully saturated rings. The fourth-order valence-corrected chi connectivity index (χ4v) is 2.65. The van der Waals surface area contributed by atoms with Gasteiger partial charge < -0.3 is 5.11 Å². The van der Waals surface area contributed by atoms with Crippen LogP contribution in [0.3, 0.4) is 0 Å². The molecule has 0 amide bonds. The molecule has 0 aromatic heterocycles. The zero-order valence-electron chi connectivity index (χ0n) is 14.4. The van der Waals surface area contributed by atoms with E-state index < -0.39 is 5.97 Å². The first-order chi connectivity index (χ1) is 9.77. The Morgan fingerprint density at radius 2 is 0.909 bits per heavy atom. The molecule has 0 atom stereocenters. The van der Waals surface area contributed by atoms with Crippen LogP contribution < -0.4 is 0 Å². The molecule has 0 bridgehead atoms. The average Bonchev–Trinajstić information content (AvgIpc) is 2.43. The van der Waals surface area contributed by atoms with Gasteiger partial charge in [-0.05, 0) is 6.42 Å². The Labute approximate surface area is 181 Å². The molecule has 1 N–H and O–H groups in total. The van der Waals surface area contributed by atoms with Gasteiger partial charge in [0.15, 0.2) is 0 Å². The van der Waals surface area contributed by atoms with Gasteiger partial charge in [0, 0.05) is 6.42 Å². The van der Waals surface area contributed by atoms with Crippen LogP contribution >= 0.6 is 0 Å². The van der Waals surface area contributed by atoms with E-state index in [1.54, 1.807) is 0 Å². The zero-order valence-corrected chi connectivity index (χ0v) is 19.9. The molecule has 0 saturated heterocycles. The number of aliphatic carboxylic acids is 1. The van der Waals surface area contributed by atoms with Gasteiger partial charge in [-0.3, -0.25) is 4.79 Å². The summed E-state index contributed by atoms with van der Waals surface area (Å²) in [6, 6.07) is 0. The van der Waals surface area contributed by atoms with Gasteiger partial charge in [-0.15, -0.1) is 0 Å². The second-order valence-electron chi connectivity index (χ2n) is 6.09. The standard InChI is InChI=1S/C18H36O2.Na.Pb.3H/c1-2-3-4-5-6-7-8-9-10-11-12-13-14-15-16-17-18(19)20;;;;;/h2-17H2,1H3,(H,19,20);;;;;. The van der Waals surface area contributed by atoms with Crippen molar-refractivity contribution < 1.29 is 9.90 Å². The molecule has 0 aliphatic rings. The van der Waals surface area contributed by atoms with Crippen molar-refractivity contribution >= 4 is 62.8 Å². The Kier molecular flexibility index (Phi) is 31.6. The van der Waals surface area contributed by atoms with Crippen LogP contribution in [0.25, 0.3) is 0 Å². The fraction of sp³-hybridized carbons (Fsp3) is 0.944. The van der Waals surface area contributed by atoms with Crippen molar-refractivity contribution in [3.63, 3.8) is 0 Å². The molecule has 2 nitrogen and oxygen atoms in total. The molecule has 0 heterocycles. The van der Waals surface area contributed by atoms with Crippen LogP contribution in [0.15, 0.2) is 0 Å². The number of carboxylic acid groups (broad SMARTS) is 1. The van der Waals surface area contributed by atoms with Crippen molar-refractivity contribution in [1.29, 1.82) is 0 Å². The number of rotatable bonds is 16. The van der Waals surface area contributed by atoms with E-state index in [9.17, 15) is 4.79 Å². The van der Waals surface area contributed by atoms with Crippen LogP contribution in [0.4, 0.5) is 0 Å². The Morgan fingerprint density at radius 3 is 1.18 bits per heavy atom. The summed E-state index contributed by atoms with van der Waals surface area (Å²) in [5.74, 6) is -0.653. The van der Waals surface area contributed by atoms with Crippen molar-refractivity contribution in [1.82, 2.24) is 0 Å². The van der Waals surface area contributed by atoms with E-state index >= 15 is 0 Å². The van der Waals surface area contributed by atoms with Crippen LogP contribution in [0.5, 0.6) is 0 Å². The van der Waals surface area contributed by atoms with Gasteiger partial charge in [-0.2, -0.15) is 0 Å². The van der Waals surface area contributed by atoms with Crippen molar-refractivity contribution in [2.24, 2.45) is 0 Å². The van der Waals surface area contributed by atoms with Crippen LogP contribution in [-0.4, -0.2) is 67.9 Å². The first-order valence-corrected chi connectivity index (χ1v) is 8.99. The Hall–Kier alpha value is 1.39. The summed E-state index contributed by atoms with van der Waals surface area (Å²) in [6.07, 6.45) is 20.2. The van der Waals surface area contributed by atoms with Crippen molar-refractivity contribution in [3.8, 4) is 0 Å². The molecule has 2 radical (unpaired) electrons. The minimum absolute atomic E-state index is 0. The molecule has 0 unspecified atom stereocenters. The van der Waals surface area contributed by atoms with E-state index in [0.29, 0.717) is 6.42 Å². The van der Waals surface area contributed by atoms with Crippen LogP contribution in [0.2, 0.25) is 0 Å². The van der Waals surface area contributed by atoms with E-state index in [4.69, 9.17) is 5.11 Å². The SMILES string of the molecule is CCCCCCCCCCCCCCCCCC(=O)O.[NaH].[PbH2]. The maximum absolute atomic E-state index is 10.3. The number of carbonyl (C=O) groups is 1. The molecular weight excluding hydrogens is 478 g/mol. The topological polar surface area (TPSA) is 37.3 Å². The molecule has 0 rings (SSSR count). The molecule has 0 aliphatic heterocycles. The van der Waals surface area contributed by atoms with Gasteiger partial charge in [0.05, 0.1) is 0 Å². The van der Waals surface area contributed by atoms with Gasteiger partial charge >= 0.3 is 62.8 Å². The minimum atomic E-state index is -0.653. The third-order valence-electron chi connectivity index (χ3n) is 3.99. The Bertz CT molecular complexity index is 213. The van der Waals surface area contributed by atoms with E-state index in [1.807, 2.05) is 0 Å². The summed E-state index contributed by atoms with van der Waals surface area (Å²) in [4.78, 5) is 10.3. The van der Waals surface area contributed by atoms with Gasteiger partial charge in [-0.25, -0.2) is 0 Å². The summed E-state index contributed by atoms with van der Waals surface area (Å²) in [7, 11) is 0. The number of carboxylic acids is 1. The second kappa shape index (κ2) is 24.6. The molecule has 0 spiro atoms. The van der Waals surface area contributed by atoms with Gasteiger partial charge in [0.2, 0.25) is 0 Å². The van der Waals surface area contributed by atoms with Gasteiger partial charge in [-0.1, -0.05) is 96.8 Å². The first-order valence-electron chi connectivity index (χ1n) is 8.99. The summed E-state index contributed by atoms with van der Waals surface area (Å²) in [6.45, 7) is 2.27. The third-order valence-corrected chi connectivity index (χ3v) is 3.99. The number of hydrogen-bond donors (Lipinski definition) is 1. The fourth-order valence-electron chi connectivity index (χ4n) is 2.65. The van der Waals surface area contributed by atoms with Crippen molar-refractivity contribution in [2.75, 3.05) is 0 Å². The van der Waals surface area contributed by atoms with Crippen molar-refractivity contribution in [2.45, 2.75) is 110 Å². The molecule has 0 saturated carbocycles. The Morgan fingerprint density at radius 1 is 0.636 bits per heavy atom. The van der Waals surface area contributed by atoms with E-state index in [1.165, 1.54) is 83.5 Å². The quantitative estimate of drug-likeness (QED) is 0.237. The monoisotopic (exact) mass is 518 g/mol. The summed E-state index contributed by atoms with van der Waals surface area (Å²) >= 11 is 0. The van der Waals surface area contributed by atoms with E-state index in [0.717, 1.165) is 12.8 Å². The first kappa shape index (κ1) is 28.2. The average molecular weight is 518 g/mol. The van der Waals surface area contributed by atoms with Gasteiger partial charge in [0.1, 0.15) is 0 Å². The van der Waals surface area contributed by atoms with Crippen LogP contribution in [-0.2, 0) is 4.79 Å². The second-order valence-corrected chi connectivity index (χ2v) is 6.09. The zero-order chi connectivity index (χ0) is 14.9. The molecule has 22 heavy (non-hydrogen) atoms. The third kappa shape index (κ3) is 26.3. The van der Waals surface area contributed by atoms with E-state index in [-0.39, 0.29) is 56.9 Å². The molecule has 0 aliphatic carbocycles. The molecular formula is C18H39NaO2Pb. The van der Waals surface area contributed by atoms with Crippen LogP contribution in [0.1, 0.15) is 110 Å². The summed E-state index contributed by atoms with van der Waals surface area (Å²) < 4.78 is 0.